The van der Waals surface area contributed by atoms with Crippen LogP contribution in [-0.2, 0) is 6.54 Å². The molecule has 5 heteroatoms. The smallest absolute Gasteiger partial charge is 0.262 e. The van der Waals surface area contributed by atoms with Gasteiger partial charge in [0.05, 0.1) is 10.9 Å². The maximum atomic E-state index is 12.8. The average molecular weight is 295 g/mol. The predicted molar refractivity (Wildman–Crippen MR) is 84.5 cm³/mol. The van der Waals surface area contributed by atoms with Crippen LogP contribution in [0, 0.1) is 0 Å². The van der Waals surface area contributed by atoms with E-state index < -0.39 is 0 Å². The van der Waals surface area contributed by atoms with Gasteiger partial charge in [0.15, 0.2) is 0 Å². The summed E-state index contributed by atoms with van der Waals surface area (Å²) in [5.41, 5.74) is 1.46. The van der Waals surface area contributed by atoms with E-state index in [9.17, 15) is 15.0 Å². The number of phenolic OH excluding ortho intramolecular Hbond substituents is 2. The van der Waals surface area contributed by atoms with Crippen molar-refractivity contribution in [2.75, 3.05) is 0 Å². The van der Waals surface area contributed by atoms with Gasteiger partial charge in [-0.05, 0) is 37.3 Å². The molecule has 2 aromatic carbocycles. The van der Waals surface area contributed by atoms with Crippen LogP contribution in [0.5, 0.6) is 11.5 Å². The predicted octanol–water partition coefficient (Wildman–Crippen LogP) is 3.33. The molecule has 0 unspecified atom stereocenters. The number of aromatic hydroxyl groups is 2. The van der Waals surface area contributed by atoms with E-state index in [1.807, 2.05) is 6.92 Å². The number of pyridine rings is 1. The number of rotatable bonds is 1. The van der Waals surface area contributed by atoms with Gasteiger partial charge in [-0.1, -0.05) is 0 Å². The number of nitrogens with zero attached hydrogens (tertiary/aromatic N) is 1. The minimum Gasteiger partial charge on any atom is -0.508 e. The summed E-state index contributed by atoms with van der Waals surface area (Å²) in [7, 11) is 0. The zero-order valence-corrected chi connectivity index (χ0v) is 11.8. The minimum absolute atomic E-state index is 0.0865. The highest BCUT2D eigenvalue weighted by Gasteiger charge is 2.17. The molecule has 0 spiro atoms. The number of fused-ring (bicyclic) bond motifs is 5. The molecule has 110 valence electrons. The lowest BCUT2D eigenvalue weighted by molar-refractivity contribution is 0.475. The first kappa shape index (κ1) is 12.8. The van der Waals surface area contributed by atoms with Gasteiger partial charge in [0.2, 0.25) is 0 Å². The first-order valence-electron chi connectivity index (χ1n) is 7.01. The summed E-state index contributed by atoms with van der Waals surface area (Å²) in [6, 6.07) is 9.57. The van der Waals surface area contributed by atoms with Gasteiger partial charge in [-0.25, -0.2) is 0 Å². The minimum atomic E-state index is -0.194. The maximum absolute atomic E-state index is 12.8. The number of hydrogen-bond acceptors (Lipinski definition) is 4. The lowest BCUT2D eigenvalue weighted by Gasteiger charge is -2.08. The van der Waals surface area contributed by atoms with Crippen molar-refractivity contribution in [3.63, 3.8) is 0 Å². The molecular formula is C17H13NO4. The quantitative estimate of drug-likeness (QED) is 0.565. The van der Waals surface area contributed by atoms with Crippen LogP contribution in [0.1, 0.15) is 6.92 Å². The van der Waals surface area contributed by atoms with Crippen LogP contribution >= 0.6 is 0 Å². The molecule has 0 aliphatic heterocycles. The van der Waals surface area contributed by atoms with Crippen LogP contribution in [0.3, 0.4) is 0 Å². The Morgan fingerprint density at radius 2 is 1.77 bits per heavy atom. The molecule has 0 saturated carbocycles. The Balaban J connectivity index is 2.36. The summed E-state index contributed by atoms with van der Waals surface area (Å²) >= 11 is 0. The largest absolute Gasteiger partial charge is 0.508 e. The van der Waals surface area contributed by atoms with Crippen molar-refractivity contribution < 1.29 is 14.6 Å². The van der Waals surface area contributed by atoms with Gasteiger partial charge in [-0.15, -0.1) is 0 Å². The van der Waals surface area contributed by atoms with E-state index in [2.05, 4.69) is 0 Å². The van der Waals surface area contributed by atoms with Crippen molar-refractivity contribution in [3.05, 3.63) is 46.8 Å². The highest BCUT2D eigenvalue weighted by atomic mass is 16.3. The molecule has 22 heavy (non-hydrogen) atoms. The molecule has 0 aliphatic rings. The molecule has 0 aliphatic carbocycles. The molecule has 0 fully saturated rings. The monoisotopic (exact) mass is 295 g/mol. The van der Waals surface area contributed by atoms with Crippen molar-refractivity contribution in [2.45, 2.75) is 13.5 Å². The Labute approximate surface area is 124 Å². The number of benzene rings is 2. The van der Waals surface area contributed by atoms with Gasteiger partial charge in [0, 0.05) is 23.4 Å². The lowest BCUT2D eigenvalue weighted by Crippen LogP contribution is -2.19. The number of aryl methyl sites for hydroxylation is 1. The average Bonchev–Trinajstić information content (AvgIpc) is 2.86. The van der Waals surface area contributed by atoms with E-state index in [4.69, 9.17) is 4.42 Å². The Morgan fingerprint density at radius 3 is 2.55 bits per heavy atom. The van der Waals surface area contributed by atoms with Gasteiger partial charge >= 0.3 is 0 Å². The van der Waals surface area contributed by atoms with E-state index >= 15 is 0 Å². The van der Waals surface area contributed by atoms with E-state index in [0.717, 1.165) is 5.39 Å². The number of phenols is 2. The number of hydrogen-bond donors (Lipinski definition) is 2. The van der Waals surface area contributed by atoms with Crippen LogP contribution < -0.4 is 5.56 Å². The van der Waals surface area contributed by atoms with E-state index in [-0.39, 0.29) is 17.1 Å². The van der Waals surface area contributed by atoms with Gasteiger partial charge in [-0.3, -0.25) is 4.79 Å². The van der Waals surface area contributed by atoms with Crippen molar-refractivity contribution in [1.29, 1.82) is 0 Å². The molecule has 0 atom stereocenters. The van der Waals surface area contributed by atoms with Crippen LogP contribution in [0.25, 0.3) is 32.8 Å². The van der Waals surface area contributed by atoms with Crippen molar-refractivity contribution in [2.24, 2.45) is 0 Å². The van der Waals surface area contributed by atoms with Gasteiger partial charge in [0.25, 0.3) is 5.56 Å². The van der Waals surface area contributed by atoms with Crippen LogP contribution in [0.2, 0.25) is 0 Å². The van der Waals surface area contributed by atoms with E-state index in [0.29, 0.717) is 34.0 Å². The molecule has 0 amide bonds. The number of furan rings is 1. The zero-order valence-electron chi connectivity index (χ0n) is 11.8. The van der Waals surface area contributed by atoms with Crippen LogP contribution in [-0.4, -0.2) is 14.8 Å². The Hall–Kier alpha value is -2.95. The third-order valence-corrected chi connectivity index (χ3v) is 3.96. The summed E-state index contributed by atoms with van der Waals surface area (Å²) in [5.74, 6) is 0.186. The molecule has 0 radical (unpaired) electrons. The van der Waals surface area contributed by atoms with Crippen molar-refractivity contribution >= 4 is 32.8 Å². The fourth-order valence-corrected chi connectivity index (χ4v) is 2.98. The topological polar surface area (TPSA) is 75.6 Å². The molecule has 0 bridgehead atoms. The summed E-state index contributed by atoms with van der Waals surface area (Å²) in [6.07, 6.45) is 0. The van der Waals surface area contributed by atoms with E-state index in [1.165, 1.54) is 12.1 Å². The third kappa shape index (κ3) is 1.56. The summed E-state index contributed by atoms with van der Waals surface area (Å²) in [6.45, 7) is 2.34. The molecule has 2 N–H and O–H groups in total. The van der Waals surface area contributed by atoms with Crippen LogP contribution in [0.4, 0.5) is 0 Å². The highest BCUT2D eigenvalue weighted by Crippen LogP contribution is 2.34. The van der Waals surface area contributed by atoms with E-state index in [1.54, 1.807) is 28.8 Å². The summed E-state index contributed by atoms with van der Waals surface area (Å²) < 4.78 is 7.43. The van der Waals surface area contributed by atoms with Gasteiger partial charge < -0.3 is 19.2 Å². The standard InChI is InChI=1S/C17H13NO4/c1-2-18-13-8-10(20)3-5-11(13)16-15(17(18)21)12-7-9(19)4-6-14(12)22-16/h3-8,19-20H,2H2,1H3. The SMILES string of the molecule is CCn1c(=O)c2c3cc(O)ccc3oc2c2ccc(O)cc21. The Morgan fingerprint density at radius 1 is 1.05 bits per heavy atom. The van der Waals surface area contributed by atoms with Crippen LogP contribution in [0.15, 0.2) is 45.6 Å². The second kappa shape index (κ2) is 4.27. The molecule has 4 aromatic rings. The molecule has 2 aromatic heterocycles. The summed E-state index contributed by atoms with van der Waals surface area (Å²) in [4.78, 5) is 12.8. The van der Waals surface area contributed by atoms with Gasteiger partial charge in [-0.2, -0.15) is 0 Å². The molecule has 5 nitrogen and oxygen atoms in total. The Bertz CT molecular complexity index is 1100. The Kier molecular flexibility index (Phi) is 2.48. The second-order valence-corrected chi connectivity index (χ2v) is 5.24. The fraction of sp³-hybridized carbons (Fsp3) is 0.118. The first-order valence-corrected chi connectivity index (χ1v) is 7.01. The van der Waals surface area contributed by atoms with Crippen molar-refractivity contribution in [3.8, 4) is 11.5 Å². The highest BCUT2D eigenvalue weighted by molar-refractivity contribution is 6.14. The normalized spacial score (nSPS) is 11.7. The lowest BCUT2D eigenvalue weighted by atomic mass is 10.1. The molecule has 0 saturated heterocycles. The zero-order chi connectivity index (χ0) is 15.4. The molecule has 2 heterocycles. The number of aromatic nitrogens is 1. The van der Waals surface area contributed by atoms with Gasteiger partial charge in [0.1, 0.15) is 22.7 Å². The van der Waals surface area contributed by atoms with Crippen molar-refractivity contribution in [1.82, 2.24) is 4.57 Å². The molecular weight excluding hydrogens is 282 g/mol. The molecule has 4 rings (SSSR count). The maximum Gasteiger partial charge on any atom is 0.262 e. The third-order valence-electron chi connectivity index (χ3n) is 3.96. The second-order valence-electron chi connectivity index (χ2n) is 5.24. The summed E-state index contributed by atoms with van der Waals surface area (Å²) in [5, 5.41) is 21.2. The fourth-order valence-electron chi connectivity index (χ4n) is 2.98. The first-order chi connectivity index (χ1) is 10.6.